The second kappa shape index (κ2) is 6.48. The van der Waals surface area contributed by atoms with Crippen LogP contribution in [0, 0.1) is 0 Å². The summed E-state index contributed by atoms with van der Waals surface area (Å²) in [4.78, 5) is 0. The van der Waals surface area contributed by atoms with Crippen molar-refractivity contribution < 1.29 is 17.9 Å². The van der Waals surface area contributed by atoms with Gasteiger partial charge in [-0.1, -0.05) is 46.3 Å². The fraction of sp³-hybridized carbons (Fsp3) is 0.333. The molecule has 0 fully saturated rings. The first-order valence-electron chi connectivity index (χ1n) is 6.27. The second-order valence-electron chi connectivity index (χ2n) is 4.46. The number of ether oxygens (including phenoxy) is 1. The van der Waals surface area contributed by atoms with Gasteiger partial charge < -0.3 is 4.74 Å². The highest BCUT2D eigenvalue weighted by Gasteiger charge is 2.26. The van der Waals surface area contributed by atoms with Crippen LogP contribution in [0.5, 0.6) is 5.75 Å². The molecular weight excluding hydrogens is 333 g/mol. The van der Waals surface area contributed by atoms with Gasteiger partial charge in [-0.25, -0.2) is 0 Å². The lowest BCUT2D eigenvalue weighted by atomic mass is 10.0. The van der Waals surface area contributed by atoms with Crippen molar-refractivity contribution in [2.24, 2.45) is 0 Å². The van der Waals surface area contributed by atoms with Crippen molar-refractivity contribution in [2.75, 3.05) is 6.61 Å². The van der Waals surface area contributed by atoms with E-state index >= 15 is 0 Å². The first kappa shape index (κ1) is 15.2. The summed E-state index contributed by atoms with van der Waals surface area (Å²) in [5.74, 6) is 0.641. The minimum atomic E-state index is -4.12. The zero-order chi connectivity index (χ0) is 14.6. The molecule has 2 aromatic rings. The Morgan fingerprint density at radius 3 is 2.50 bits per heavy atom. The van der Waals surface area contributed by atoms with Gasteiger partial charge in [-0.3, -0.25) is 0 Å². The topological polar surface area (TPSA) is 9.23 Å². The monoisotopic (exact) mass is 346 g/mol. The zero-order valence-electron chi connectivity index (χ0n) is 10.7. The maximum Gasteiger partial charge on any atom is 0.389 e. The molecule has 5 heteroatoms. The molecule has 1 nitrogen and oxygen atoms in total. The molecular formula is C15H14BrF3O. The summed E-state index contributed by atoms with van der Waals surface area (Å²) in [5, 5.41) is 2.74. The van der Waals surface area contributed by atoms with E-state index in [0.717, 1.165) is 16.3 Å². The van der Waals surface area contributed by atoms with Crippen LogP contribution in [0.3, 0.4) is 0 Å². The van der Waals surface area contributed by atoms with Gasteiger partial charge in [-0.05, 0) is 23.3 Å². The van der Waals surface area contributed by atoms with Gasteiger partial charge in [0.15, 0.2) is 0 Å². The average Bonchev–Trinajstić information content (AvgIpc) is 2.42. The van der Waals surface area contributed by atoms with E-state index in [1.807, 2.05) is 36.4 Å². The van der Waals surface area contributed by atoms with E-state index in [9.17, 15) is 13.2 Å². The molecule has 0 amide bonds. The zero-order valence-corrected chi connectivity index (χ0v) is 12.3. The number of hydrogen-bond donors (Lipinski definition) is 0. The standard InChI is InChI=1S/C15H14BrF3O/c16-10-13-12-5-2-1-4-11(12)6-7-14(13)20-9-3-8-15(17,18)19/h1-2,4-7H,3,8-10H2. The number of benzene rings is 2. The highest BCUT2D eigenvalue weighted by molar-refractivity contribution is 9.08. The molecule has 0 aliphatic heterocycles. The number of rotatable bonds is 5. The lowest BCUT2D eigenvalue weighted by Crippen LogP contribution is -2.10. The van der Waals surface area contributed by atoms with Crippen LogP contribution in [0.15, 0.2) is 36.4 Å². The summed E-state index contributed by atoms with van der Waals surface area (Å²) in [6, 6.07) is 11.6. The van der Waals surface area contributed by atoms with Crippen LogP contribution < -0.4 is 4.74 Å². The van der Waals surface area contributed by atoms with Crippen molar-refractivity contribution in [3.05, 3.63) is 42.0 Å². The molecule has 0 heterocycles. The molecule has 0 spiro atoms. The fourth-order valence-electron chi connectivity index (χ4n) is 2.04. The van der Waals surface area contributed by atoms with E-state index in [2.05, 4.69) is 15.9 Å². The maximum atomic E-state index is 12.1. The first-order chi connectivity index (χ1) is 9.51. The molecule has 0 unspecified atom stereocenters. The van der Waals surface area contributed by atoms with Crippen molar-refractivity contribution >= 4 is 26.7 Å². The highest BCUT2D eigenvalue weighted by atomic mass is 79.9. The number of fused-ring (bicyclic) bond motifs is 1. The van der Waals surface area contributed by atoms with E-state index in [1.54, 1.807) is 0 Å². The molecule has 108 valence electrons. The summed E-state index contributed by atoms with van der Waals surface area (Å²) in [5.41, 5.74) is 0.968. The summed E-state index contributed by atoms with van der Waals surface area (Å²) >= 11 is 3.41. The van der Waals surface area contributed by atoms with E-state index in [-0.39, 0.29) is 13.0 Å². The van der Waals surface area contributed by atoms with Gasteiger partial charge in [-0.2, -0.15) is 13.2 Å². The molecule has 0 N–H and O–H groups in total. The van der Waals surface area contributed by atoms with Crippen LogP contribution in [0.2, 0.25) is 0 Å². The van der Waals surface area contributed by atoms with Gasteiger partial charge in [0.25, 0.3) is 0 Å². The van der Waals surface area contributed by atoms with Crippen LogP contribution in [-0.4, -0.2) is 12.8 Å². The predicted molar refractivity (Wildman–Crippen MR) is 77.4 cm³/mol. The van der Waals surface area contributed by atoms with Gasteiger partial charge in [0, 0.05) is 17.3 Å². The van der Waals surface area contributed by atoms with E-state index < -0.39 is 12.6 Å². The summed E-state index contributed by atoms with van der Waals surface area (Å²) in [6.45, 7) is 0.0673. The molecule has 0 aromatic heterocycles. The van der Waals surface area contributed by atoms with Crippen LogP contribution >= 0.6 is 15.9 Å². The lowest BCUT2D eigenvalue weighted by molar-refractivity contribution is -0.136. The van der Waals surface area contributed by atoms with Crippen LogP contribution in [-0.2, 0) is 5.33 Å². The Labute approximate surface area is 123 Å². The molecule has 20 heavy (non-hydrogen) atoms. The van der Waals surface area contributed by atoms with Crippen LogP contribution in [0.1, 0.15) is 18.4 Å². The SMILES string of the molecule is FC(F)(F)CCCOc1ccc2ccccc2c1CBr. The van der Waals surface area contributed by atoms with Gasteiger partial charge in [-0.15, -0.1) is 0 Å². The quantitative estimate of drug-likeness (QED) is 0.516. The maximum absolute atomic E-state index is 12.1. The molecule has 2 aromatic carbocycles. The third-order valence-electron chi connectivity index (χ3n) is 2.99. The lowest BCUT2D eigenvalue weighted by Gasteiger charge is -2.13. The summed E-state index contributed by atoms with van der Waals surface area (Å²) in [7, 11) is 0. The molecule has 0 atom stereocenters. The third kappa shape index (κ3) is 3.88. The van der Waals surface area contributed by atoms with Gasteiger partial charge in [0.05, 0.1) is 6.61 Å². The van der Waals surface area contributed by atoms with E-state index in [1.165, 1.54) is 0 Å². The van der Waals surface area contributed by atoms with Crippen molar-refractivity contribution in [3.63, 3.8) is 0 Å². The van der Waals surface area contributed by atoms with Gasteiger partial charge in [0.2, 0.25) is 0 Å². The Balaban J connectivity index is 2.10. The van der Waals surface area contributed by atoms with Crippen LogP contribution in [0.25, 0.3) is 10.8 Å². The van der Waals surface area contributed by atoms with E-state index in [0.29, 0.717) is 11.1 Å². The second-order valence-corrected chi connectivity index (χ2v) is 5.02. The number of alkyl halides is 4. The Hall–Kier alpha value is -1.23. The Kier molecular flexibility index (Phi) is 4.91. The molecule has 0 radical (unpaired) electrons. The smallest absolute Gasteiger partial charge is 0.389 e. The Morgan fingerprint density at radius 2 is 1.80 bits per heavy atom. The Morgan fingerprint density at radius 1 is 1.05 bits per heavy atom. The minimum Gasteiger partial charge on any atom is -0.493 e. The normalized spacial score (nSPS) is 11.8. The van der Waals surface area contributed by atoms with E-state index in [4.69, 9.17) is 4.74 Å². The molecule has 0 aliphatic rings. The average molecular weight is 347 g/mol. The van der Waals surface area contributed by atoms with Crippen molar-refractivity contribution in [1.82, 2.24) is 0 Å². The summed E-state index contributed by atoms with van der Waals surface area (Å²) < 4.78 is 41.7. The molecule has 0 saturated heterocycles. The molecule has 0 bridgehead atoms. The predicted octanol–water partition coefficient (Wildman–Crippen LogP) is 5.46. The largest absolute Gasteiger partial charge is 0.493 e. The first-order valence-corrected chi connectivity index (χ1v) is 7.39. The van der Waals surface area contributed by atoms with Gasteiger partial charge >= 0.3 is 6.18 Å². The Bertz CT molecular complexity index is 581. The number of hydrogen-bond acceptors (Lipinski definition) is 1. The van der Waals surface area contributed by atoms with Gasteiger partial charge in [0.1, 0.15) is 5.75 Å². The number of halogens is 4. The minimum absolute atomic E-state index is 0.0297. The highest BCUT2D eigenvalue weighted by Crippen LogP contribution is 2.30. The molecule has 0 saturated carbocycles. The van der Waals surface area contributed by atoms with Crippen molar-refractivity contribution in [2.45, 2.75) is 24.3 Å². The molecule has 2 rings (SSSR count). The van der Waals surface area contributed by atoms with Crippen molar-refractivity contribution in [1.29, 1.82) is 0 Å². The summed E-state index contributed by atoms with van der Waals surface area (Å²) in [6.07, 6.45) is -4.97. The third-order valence-corrected chi connectivity index (χ3v) is 3.55. The van der Waals surface area contributed by atoms with Crippen LogP contribution in [0.4, 0.5) is 13.2 Å². The van der Waals surface area contributed by atoms with Crippen molar-refractivity contribution in [3.8, 4) is 5.75 Å². The molecule has 0 aliphatic carbocycles. The fourth-order valence-corrected chi connectivity index (χ4v) is 2.62.